The normalized spacial score (nSPS) is 11.8. The minimum Gasteiger partial charge on any atom is -0.455 e. The minimum atomic E-state index is 0.883. The molecule has 69 heavy (non-hydrogen) atoms. The maximum absolute atomic E-state index is 6.67. The average molecular weight is 879 g/mol. The number of para-hydroxylation sites is 3. The highest BCUT2D eigenvalue weighted by Crippen LogP contribution is 2.44. The van der Waals surface area contributed by atoms with Crippen LogP contribution in [-0.2, 0) is 0 Å². The van der Waals surface area contributed by atoms with E-state index in [1.165, 1.54) is 48.7 Å². The van der Waals surface area contributed by atoms with Crippen molar-refractivity contribution >= 4 is 93.1 Å². The lowest BCUT2D eigenvalue weighted by atomic mass is 9.96. The van der Waals surface area contributed by atoms with Gasteiger partial charge in [-0.15, -0.1) is 0 Å². The van der Waals surface area contributed by atoms with Crippen LogP contribution in [0.15, 0.2) is 259 Å². The molecular formula is C66H42N2O. The van der Waals surface area contributed by atoms with Crippen molar-refractivity contribution < 1.29 is 4.42 Å². The lowest BCUT2D eigenvalue weighted by molar-refractivity contribution is 0.673. The molecule has 12 aromatic carbocycles. The summed E-state index contributed by atoms with van der Waals surface area (Å²) in [6, 6.07) is 92.6. The third-order valence-corrected chi connectivity index (χ3v) is 14.1. The van der Waals surface area contributed by atoms with Crippen LogP contribution < -0.4 is 4.90 Å². The van der Waals surface area contributed by atoms with E-state index < -0.39 is 0 Å². The second-order valence-electron chi connectivity index (χ2n) is 18.1. The maximum Gasteiger partial charge on any atom is 0.143 e. The van der Waals surface area contributed by atoms with E-state index >= 15 is 0 Å². The molecule has 0 N–H and O–H groups in total. The number of benzene rings is 12. The number of nitrogens with zero attached hydrogens (tertiary/aromatic N) is 2. The first kappa shape index (κ1) is 39.0. The molecule has 0 bridgehead atoms. The van der Waals surface area contributed by atoms with Crippen LogP contribution in [0.3, 0.4) is 0 Å². The molecule has 2 aromatic heterocycles. The summed E-state index contributed by atoms with van der Waals surface area (Å²) >= 11 is 0. The van der Waals surface area contributed by atoms with Gasteiger partial charge in [0.05, 0.1) is 16.7 Å². The Morgan fingerprint density at radius 1 is 0.304 bits per heavy atom. The van der Waals surface area contributed by atoms with E-state index in [0.29, 0.717) is 0 Å². The standard InChI is InChI=1S/C66H42N2O/c1-3-19-54-44(13-1)27-28-49-39-50(33-36-55(49)54)56-20-5-8-24-62(56)67(52-17-12-16-47(41-52)48-32-37-60-61-38-31-45-14-2-4-21-57(45)66(61)69-65(60)42-48)51-34-29-43(30-35-51)46-15-11-18-53(40-46)68-63-25-9-6-22-58(63)59-23-7-10-26-64(59)68/h1-42H. The van der Waals surface area contributed by atoms with Gasteiger partial charge in [0.15, 0.2) is 0 Å². The van der Waals surface area contributed by atoms with E-state index in [1.54, 1.807) is 0 Å². The van der Waals surface area contributed by atoms with E-state index in [-0.39, 0.29) is 0 Å². The lowest BCUT2D eigenvalue weighted by Gasteiger charge is -2.28. The lowest BCUT2D eigenvalue weighted by Crippen LogP contribution is -2.11. The fourth-order valence-corrected chi connectivity index (χ4v) is 10.9. The van der Waals surface area contributed by atoms with Gasteiger partial charge in [-0.05, 0) is 134 Å². The summed E-state index contributed by atoms with van der Waals surface area (Å²) in [6.45, 7) is 0. The van der Waals surface area contributed by atoms with Crippen molar-refractivity contribution in [2.75, 3.05) is 4.90 Å². The summed E-state index contributed by atoms with van der Waals surface area (Å²) in [6.07, 6.45) is 0. The smallest absolute Gasteiger partial charge is 0.143 e. The molecule has 0 spiro atoms. The van der Waals surface area contributed by atoms with E-state index in [1.807, 2.05) is 0 Å². The van der Waals surface area contributed by atoms with Gasteiger partial charge in [0.1, 0.15) is 11.2 Å². The quantitative estimate of drug-likeness (QED) is 0.149. The van der Waals surface area contributed by atoms with Crippen LogP contribution in [0.25, 0.3) is 115 Å². The zero-order valence-electron chi connectivity index (χ0n) is 37.6. The highest BCUT2D eigenvalue weighted by molar-refractivity contribution is 6.16. The van der Waals surface area contributed by atoms with E-state index in [0.717, 1.165) is 83.5 Å². The van der Waals surface area contributed by atoms with Crippen LogP contribution in [0, 0.1) is 0 Å². The van der Waals surface area contributed by atoms with Gasteiger partial charge in [0.2, 0.25) is 0 Å². The molecule has 0 saturated carbocycles. The molecule has 0 atom stereocenters. The predicted octanol–water partition coefficient (Wildman–Crippen LogP) is 18.6. The zero-order chi connectivity index (χ0) is 45.4. The second-order valence-corrected chi connectivity index (χ2v) is 18.1. The number of hydrogen-bond donors (Lipinski definition) is 0. The predicted molar refractivity (Wildman–Crippen MR) is 292 cm³/mol. The van der Waals surface area contributed by atoms with Gasteiger partial charge in [-0.25, -0.2) is 0 Å². The molecular weight excluding hydrogens is 837 g/mol. The Hall–Kier alpha value is -9.18. The third-order valence-electron chi connectivity index (χ3n) is 14.1. The molecule has 0 radical (unpaired) electrons. The summed E-state index contributed by atoms with van der Waals surface area (Å²) in [5, 5.41) is 12.1. The molecule has 0 aliphatic rings. The molecule has 14 rings (SSSR count). The van der Waals surface area contributed by atoms with E-state index in [4.69, 9.17) is 4.42 Å². The summed E-state index contributed by atoms with van der Waals surface area (Å²) in [7, 11) is 0. The Morgan fingerprint density at radius 2 is 0.870 bits per heavy atom. The summed E-state index contributed by atoms with van der Waals surface area (Å²) in [5.74, 6) is 0. The molecule has 3 heteroatoms. The van der Waals surface area contributed by atoms with Crippen molar-refractivity contribution in [1.29, 1.82) is 0 Å². The van der Waals surface area contributed by atoms with Gasteiger partial charge in [0.25, 0.3) is 0 Å². The molecule has 0 fully saturated rings. The number of furan rings is 1. The summed E-state index contributed by atoms with van der Waals surface area (Å²) < 4.78 is 9.05. The van der Waals surface area contributed by atoms with Crippen LogP contribution in [-0.4, -0.2) is 4.57 Å². The Bertz CT molecular complexity index is 4270. The maximum atomic E-state index is 6.67. The Morgan fingerprint density at radius 3 is 1.68 bits per heavy atom. The number of rotatable bonds is 7. The zero-order valence-corrected chi connectivity index (χ0v) is 37.6. The third kappa shape index (κ3) is 6.43. The van der Waals surface area contributed by atoms with Crippen molar-refractivity contribution in [2.45, 2.75) is 0 Å². The minimum absolute atomic E-state index is 0.883. The molecule has 0 amide bonds. The molecule has 14 aromatic rings. The fraction of sp³-hybridized carbons (Fsp3) is 0. The molecule has 322 valence electrons. The molecule has 0 unspecified atom stereocenters. The van der Waals surface area contributed by atoms with Gasteiger partial charge >= 0.3 is 0 Å². The SMILES string of the molecule is c1cc(-c2ccc3c(c2)oc2c4ccccc4ccc32)cc(N(c2ccc(-c3cccc(-n4c5ccccc5c5ccccc54)c3)cc2)c2ccccc2-c2ccc3c(ccc4ccccc43)c2)c1. The van der Waals surface area contributed by atoms with E-state index in [2.05, 4.69) is 264 Å². The highest BCUT2D eigenvalue weighted by Gasteiger charge is 2.20. The second kappa shape index (κ2) is 15.7. The summed E-state index contributed by atoms with van der Waals surface area (Å²) in [5.41, 5.74) is 15.4. The van der Waals surface area contributed by atoms with Gasteiger partial charge in [-0.3, -0.25) is 0 Å². The summed E-state index contributed by atoms with van der Waals surface area (Å²) in [4.78, 5) is 2.41. The number of anilines is 3. The Balaban J connectivity index is 0.897. The Kier molecular flexibility index (Phi) is 8.90. The van der Waals surface area contributed by atoms with Gasteiger partial charge in [-0.2, -0.15) is 0 Å². The number of hydrogen-bond acceptors (Lipinski definition) is 2. The van der Waals surface area contributed by atoms with Crippen molar-refractivity contribution in [3.05, 3.63) is 255 Å². The van der Waals surface area contributed by atoms with Crippen LogP contribution in [0.4, 0.5) is 17.1 Å². The van der Waals surface area contributed by atoms with Crippen LogP contribution in [0.5, 0.6) is 0 Å². The first-order valence-corrected chi connectivity index (χ1v) is 23.6. The van der Waals surface area contributed by atoms with Crippen molar-refractivity contribution in [2.24, 2.45) is 0 Å². The first-order chi connectivity index (χ1) is 34.2. The number of aromatic nitrogens is 1. The molecule has 2 heterocycles. The topological polar surface area (TPSA) is 21.3 Å². The Labute approximate surface area is 399 Å². The van der Waals surface area contributed by atoms with Crippen LogP contribution >= 0.6 is 0 Å². The number of fused-ring (bicyclic) bond motifs is 11. The monoisotopic (exact) mass is 878 g/mol. The molecule has 0 aliphatic carbocycles. The van der Waals surface area contributed by atoms with E-state index in [9.17, 15) is 0 Å². The molecule has 3 nitrogen and oxygen atoms in total. The van der Waals surface area contributed by atoms with Gasteiger partial charge < -0.3 is 13.9 Å². The van der Waals surface area contributed by atoms with Gasteiger partial charge in [-0.1, -0.05) is 176 Å². The van der Waals surface area contributed by atoms with Crippen molar-refractivity contribution in [3.63, 3.8) is 0 Å². The molecule has 0 aliphatic heterocycles. The van der Waals surface area contributed by atoms with Crippen molar-refractivity contribution in [1.82, 2.24) is 4.57 Å². The molecule has 0 saturated heterocycles. The fourth-order valence-electron chi connectivity index (χ4n) is 10.9. The average Bonchev–Trinajstić information content (AvgIpc) is 3.97. The highest BCUT2D eigenvalue weighted by atomic mass is 16.3. The van der Waals surface area contributed by atoms with Gasteiger partial charge in [0, 0.05) is 49.6 Å². The largest absolute Gasteiger partial charge is 0.455 e. The first-order valence-electron chi connectivity index (χ1n) is 23.6. The van der Waals surface area contributed by atoms with Crippen LogP contribution in [0.1, 0.15) is 0 Å². The van der Waals surface area contributed by atoms with Crippen LogP contribution in [0.2, 0.25) is 0 Å². The van der Waals surface area contributed by atoms with Crippen molar-refractivity contribution in [3.8, 4) is 39.1 Å².